The van der Waals surface area contributed by atoms with Gasteiger partial charge in [0.05, 0.1) is 17.8 Å². The lowest BCUT2D eigenvalue weighted by Crippen LogP contribution is -2.51. The summed E-state index contributed by atoms with van der Waals surface area (Å²) in [7, 11) is 1.63. The first-order valence-corrected chi connectivity index (χ1v) is 9.17. The van der Waals surface area contributed by atoms with Crippen molar-refractivity contribution in [3.63, 3.8) is 0 Å². The van der Waals surface area contributed by atoms with Crippen LogP contribution in [-0.4, -0.2) is 65.7 Å². The lowest BCUT2D eigenvalue weighted by atomic mass is 9.82. The molecule has 144 valence electrons. The minimum absolute atomic E-state index is 0.0586. The number of carbonyl (C=O) groups is 2. The van der Waals surface area contributed by atoms with Gasteiger partial charge < -0.3 is 20.1 Å². The predicted octanol–water partition coefficient (Wildman–Crippen LogP) is 0.322. The number of nitrogens with zero attached hydrogens (tertiary/aromatic N) is 2. The summed E-state index contributed by atoms with van der Waals surface area (Å²) in [5.41, 5.74) is 0.815. The van der Waals surface area contributed by atoms with Crippen LogP contribution in [0.5, 0.6) is 0 Å². The zero-order chi connectivity index (χ0) is 18.5. The van der Waals surface area contributed by atoms with Crippen molar-refractivity contribution < 1.29 is 19.1 Å². The Labute approximate surface area is 152 Å². The Morgan fingerprint density at radius 2 is 1.92 bits per heavy atom. The number of rotatable bonds is 5. The Bertz CT molecular complexity index is 628. The first-order chi connectivity index (χ1) is 12.6. The van der Waals surface area contributed by atoms with Crippen molar-refractivity contribution in [1.82, 2.24) is 26.0 Å². The van der Waals surface area contributed by atoms with E-state index < -0.39 is 0 Å². The first-order valence-electron chi connectivity index (χ1n) is 9.17. The Hall–Kier alpha value is -2.00. The number of carbonyl (C=O) groups excluding carboxylic acids is 2. The fourth-order valence-corrected chi connectivity index (χ4v) is 3.71. The molecule has 1 aromatic heterocycles. The summed E-state index contributed by atoms with van der Waals surface area (Å²) in [4.78, 5) is 25.1. The SMILES string of the molecule is CO[C@@H]1CC[C@H](C(=O)NC2CCOCC2)C[C@H]1NC(=O)c1n[nH]nc1C. The fraction of sp³-hybridized carbons (Fsp3) is 0.765. The Kier molecular flexibility index (Phi) is 6.20. The molecule has 0 bridgehead atoms. The summed E-state index contributed by atoms with van der Waals surface area (Å²) >= 11 is 0. The van der Waals surface area contributed by atoms with Gasteiger partial charge in [-0.2, -0.15) is 15.4 Å². The number of H-pyrrole nitrogens is 1. The van der Waals surface area contributed by atoms with Gasteiger partial charge in [0.25, 0.3) is 5.91 Å². The molecule has 9 heteroatoms. The van der Waals surface area contributed by atoms with Gasteiger partial charge in [0.1, 0.15) is 0 Å². The molecule has 2 heterocycles. The molecule has 2 aliphatic rings. The van der Waals surface area contributed by atoms with Crippen LogP contribution in [-0.2, 0) is 14.3 Å². The predicted molar refractivity (Wildman–Crippen MR) is 92.5 cm³/mol. The van der Waals surface area contributed by atoms with Crippen molar-refractivity contribution >= 4 is 11.8 Å². The molecule has 1 aliphatic heterocycles. The minimum atomic E-state index is -0.297. The van der Waals surface area contributed by atoms with Gasteiger partial charge in [-0.05, 0) is 39.0 Å². The quantitative estimate of drug-likeness (QED) is 0.692. The van der Waals surface area contributed by atoms with Gasteiger partial charge in [-0.25, -0.2) is 0 Å². The summed E-state index contributed by atoms with van der Waals surface area (Å²) in [6.07, 6.45) is 3.62. The number of aryl methyl sites for hydroxylation is 1. The molecule has 0 unspecified atom stereocenters. The molecule has 1 aromatic rings. The van der Waals surface area contributed by atoms with Gasteiger partial charge in [-0.3, -0.25) is 9.59 Å². The van der Waals surface area contributed by atoms with E-state index in [1.807, 2.05) is 0 Å². The van der Waals surface area contributed by atoms with E-state index in [-0.39, 0.29) is 41.6 Å². The highest BCUT2D eigenvalue weighted by molar-refractivity contribution is 5.93. The topological polar surface area (TPSA) is 118 Å². The summed E-state index contributed by atoms with van der Waals surface area (Å²) in [6.45, 7) is 3.10. The number of methoxy groups -OCH3 is 1. The number of hydrogen-bond donors (Lipinski definition) is 3. The molecule has 0 aromatic carbocycles. The summed E-state index contributed by atoms with van der Waals surface area (Å²) in [5.74, 6) is -0.370. The smallest absolute Gasteiger partial charge is 0.274 e. The molecule has 0 spiro atoms. The molecule has 0 radical (unpaired) electrons. The van der Waals surface area contributed by atoms with Gasteiger partial charge in [-0.15, -0.1) is 0 Å². The highest BCUT2D eigenvalue weighted by Crippen LogP contribution is 2.27. The maximum absolute atomic E-state index is 12.6. The van der Waals surface area contributed by atoms with Crippen LogP contribution in [0, 0.1) is 12.8 Å². The Morgan fingerprint density at radius 3 is 2.58 bits per heavy atom. The summed E-state index contributed by atoms with van der Waals surface area (Å²) in [5, 5.41) is 16.3. The lowest BCUT2D eigenvalue weighted by Gasteiger charge is -2.36. The largest absolute Gasteiger partial charge is 0.381 e. The van der Waals surface area contributed by atoms with Gasteiger partial charge in [0.15, 0.2) is 5.69 Å². The van der Waals surface area contributed by atoms with Crippen molar-refractivity contribution in [2.75, 3.05) is 20.3 Å². The number of ether oxygens (including phenoxy) is 2. The number of hydrogen-bond acceptors (Lipinski definition) is 6. The average Bonchev–Trinajstić information content (AvgIpc) is 3.08. The summed E-state index contributed by atoms with van der Waals surface area (Å²) < 4.78 is 10.9. The Balaban J connectivity index is 1.59. The Morgan fingerprint density at radius 1 is 1.15 bits per heavy atom. The standard InChI is InChI=1S/C17H27N5O4/c1-10-15(21-22-20-10)17(24)19-13-9-11(3-4-14(13)25-2)16(23)18-12-5-7-26-8-6-12/h11-14H,3-9H2,1-2H3,(H,18,23)(H,19,24)(H,20,21,22)/t11-,13+,14+/m0/s1. The molecule has 2 fully saturated rings. The van der Waals surface area contributed by atoms with Gasteiger partial charge in [0, 0.05) is 32.3 Å². The molecule has 26 heavy (non-hydrogen) atoms. The van der Waals surface area contributed by atoms with Crippen LogP contribution in [0.1, 0.15) is 48.3 Å². The third-order valence-electron chi connectivity index (χ3n) is 5.28. The van der Waals surface area contributed by atoms with Crippen LogP contribution in [0.3, 0.4) is 0 Å². The number of nitrogens with one attached hydrogen (secondary N) is 3. The molecular formula is C17H27N5O4. The van der Waals surface area contributed by atoms with Crippen LogP contribution in [0.2, 0.25) is 0 Å². The average molecular weight is 365 g/mol. The third kappa shape index (κ3) is 4.39. The van der Waals surface area contributed by atoms with Gasteiger partial charge in [-0.1, -0.05) is 0 Å². The molecular weight excluding hydrogens is 338 g/mol. The van der Waals surface area contributed by atoms with Crippen LogP contribution in [0.25, 0.3) is 0 Å². The molecule has 9 nitrogen and oxygen atoms in total. The fourth-order valence-electron chi connectivity index (χ4n) is 3.71. The van der Waals surface area contributed by atoms with Gasteiger partial charge in [0.2, 0.25) is 5.91 Å². The minimum Gasteiger partial charge on any atom is -0.381 e. The highest BCUT2D eigenvalue weighted by Gasteiger charge is 2.36. The first kappa shape index (κ1) is 18.8. The van der Waals surface area contributed by atoms with E-state index in [1.165, 1.54) is 0 Å². The monoisotopic (exact) mass is 365 g/mol. The number of amides is 2. The maximum atomic E-state index is 12.6. The maximum Gasteiger partial charge on any atom is 0.274 e. The molecule has 1 saturated carbocycles. The van der Waals surface area contributed by atoms with Crippen LogP contribution in [0.4, 0.5) is 0 Å². The molecule has 3 N–H and O–H groups in total. The van der Waals surface area contributed by atoms with Crippen molar-refractivity contribution in [3.05, 3.63) is 11.4 Å². The van der Waals surface area contributed by atoms with E-state index >= 15 is 0 Å². The number of aromatic nitrogens is 3. The normalized spacial score (nSPS) is 27.1. The lowest BCUT2D eigenvalue weighted by molar-refractivity contribution is -0.128. The molecule has 3 rings (SSSR count). The zero-order valence-electron chi connectivity index (χ0n) is 15.3. The molecule has 1 saturated heterocycles. The number of aromatic amines is 1. The van der Waals surface area contributed by atoms with E-state index in [1.54, 1.807) is 14.0 Å². The highest BCUT2D eigenvalue weighted by atomic mass is 16.5. The second-order valence-electron chi connectivity index (χ2n) is 7.02. The molecule has 2 amide bonds. The van der Waals surface area contributed by atoms with Crippen molar-refractivity contribution in [2.45, 2.75) is 57.2 Å². The van der Waals surface area contributed by atoms with Crippen molar-refractivity contribution in [2.24, 2.45) is 5.92 Å². The van der Waals surface area contributed by atoms with Crippen LogP contribution >= 0.6 is 0 Å². The van der Waals surface area contributed by atoms with E-state index in [2.05, 4.69) is 26.0 Å². The zero-order valence-corrected chi connectivity index (χ0v) is 15.3. The van der Waals surface area contributed by atoms with Crippen molar-refractivity contribution in [3.8, 4) is 0 Å². The van der Waals surface area contributed by atoms with E-state index in [9.17, 15) is 9.59 Å². The molecule has 3 atom stereocenters. The van der Waals surface area contributed by atoms with E-state index in [0.29, 0.717) is 25.3 Å². The van der Waals surface area contributed by atoms with E-state index in [4.69, 9.17) is 9.47 Å². The summed E-state index contributed by atoms with van der Waals surface area (Å²) in [6, 6.07) is -0.0509. The molecule has 1 aliphatic carbocycles. The van der Waals surface area contributed by atoms with E-state index in [0.717, 1.165) is 25.7 Å². The third-order valence-corrected chi connectivity index (χ3v) is 5.28. The van der Waals surface area contributed by atoms with Crippen molar-refractivity contribution in [1.29, 1.82) is 0 Å². The second-order valence-corrected chi connectivity index (χ2v) is 7.02. The van der Waals surface area contributed by atoms with Crippen LogP contribution in [0.15, 0.2) is 0 Å². The van der Waals surface area contributed by atoms with Crippen LogP contribution < -0.4 is 10.6 Å². The van der Waals surface area contributed by atoms with Gasteiger partial charge >= 0.3 is 0 Å². The second kappa shape index (κ2) is 8.59.